The number of benzene rings is 1. The number of hydrogen-bond acceptors (Lipinski definition) is 3. The van der Waals surface area contributed by atoms with Crippen molar-refractivity contribution in [1.29, 1.82) is 0 Å². The zero-order chi connectivity index (χ0) is 14.1. The minimum Gasteiger partial charge on any atom is -0.355 e. The summed E-state index contributed by atoms with van der Waals surface area (Å²) in [6, 6.07) is 8.49. The van der Waals surface area contributed by atoms with Crippen LogP contribution in [-0.2, 0) is 11.3 Å². The van der Waals surface area contributed by atoms with E-state index in [1.807, 2.05) is 11.9 Å². The molecular formula is C15H24N2OS. The summed E-state index contributed by atoms with van der Waals surface area (Å²) in [5.74, 6) is 0.108. The molecule has 0 heterocycles. The van der Waals surface area contributed by atoms with Gasteiger partial charge in [-0.3, -0.25) is 9.69 Å². The Hall–Kier alpha value is -1.00. The molecule has 0 atom stereocenters. The molecule has 0 radical (unpaired) electrons. The summed E-state index contributed by atoms with van der Waals surface area (Å²) in [5, 5.41) is 2.93. The molecule has 4 heteroatoms. The molecule has 1 N–H and O–H groups in total. The van der Waals surface area contributed by atoms with Crippen LogP contribution in [-0.4, -0.2) is 37.2 Å². The van der Waals surface area contributed by atoms with Gasteiger partial charge >= 0.3 is 0 Å². The molecule has 0 bridgehead atoms. The lowest BCUT2D eigenvalue weighted by molar-refractivity contribution is -0.122. The van der Waals surface area contributed by atoms with Crippen LogP contribution in [0.5, 0.6) is 0 Å². The fraction of sp³-hybridized carbons (Fsp3) is 0.533. The number of nitrogens with zero attached hydrogens (tertiary/aromatic N) is 1. The zero-order valence-corrected chi connectivity index (χ0v) is 12.9. The van der Waals surface area contributed by atoms with Crippen LogP contribution in [0.4, 0.5) is 0 Å². The number of thioether (sulfide) groups is 1. The first kappa shape index (κ1) is 16.1. The van der Waals surface area contributed by atoms with Gasteiger partial charge in [-0.1, -0.05) is 25.5 Å². The van der Waals surface area contributed by atoms with Gasteiger partial charge in [0.05, 0.1) is 6.54 Å². The first-order chi connectivity index (χ1) is 9.15. The quantitative estimate of drug-likeness (QED) is 0.587. The van der Waals surface area contributed by atoms with E-state index in [2.05, 4.69) is 42.8 Å². The van der Waals surface area contributed by atoms with Crippen LogP contribution in [0.1, 0.15) is 25.3 Å². The van der Waals surface area contributed by atoms with Gasteiger partial charge in [0.15, 0.2) is 0 Å². The second-order valence-electron chi connectivity index (χ2n) is 4.72. The maximum absolute atomic E-state index is 11.7. The summed E-state index contributed by atoms with van der Waals surface area (Å²) in [6.07, 6.45) is 4.23. The third-order valence-electron chi connectivity index (χ3n) is 2.88. The molecule has 3 nitrogen and oxygen atoms in total. The van der Waals surface area contributed by atoms with E-state index in [0.29, 0.717) is 6.54 Å². The van der Waals surface area contributed by atoms with Gasteiger partial charge in [0.25, 0.3) is 0 Å². The van der Waals surface area contributed by atoms with Crippen molar-refractivity contribution in [3.63, 3.8) is 0 Å². The first-order valence-electron chi connectivity index (χ1n) is 6.74. The predicted molar refractivity (Wildman–Crippen MR) is 82.5 cm³/mol. The van der Waals surface area contributed by atoms with Crippen LogP contribution in [0.2, 0.25) is 0 Å². The van der Waals surface area contributed by atoms with E-state index in [1.165, 1.54) is 10.5 Å². The summed E-state index contributed by atoms with van der Waals surface area (Å²) in [7, 11) is 1.97. The normalized spacial score (nSPS) is 10.7. The first-order valence-corrected chi connectivity index (χ1v) is 7.96. The van der Waals surface area contributed by atoms with Gasteiger partial charge in [-0.25, -0.2) is 0 Å². The standard InChI is InChI=1S/C15H24N2OS/c1-4-5-10-16-15(18)12-17(2)11-13-6-8-14(19-3)9-7-13/h6-9H,4-5,10-12H2,1-3H3,(H,16,18). The molecule has 0 aliphatic carbocycles. The third-order valence-corrected chi connectivity index (χ3v) is 3.62. The smallest absolute Gasteiger partial charge is 0.234 e. The van der Waals surface area contributed by atoms with Gasteiger partial charge in [0, 0.05) is 18.0 Å². The fourth-order valence-electron chi connectivity index (χ4n) is 1.80. The van der Waals surface area contributed by atoms with Crippen molar-refractivity contribution in [2.75, 3.05) is 26.4 Å². The van der Waals surface area contributed by atoms with Crippen LogP contribution in [0.3, 0.4) is 0 Å². The summed E-state index contributed by atoms with van der Waals surface area (Å²) < 4.78 is 0. The number of amides is 1. The molecule has 0 saturated carbocycles. The number of unbranched alkanes of at least 4 members (excludes halogenated alkanes) is 1. The van der Waals surface area contributed by atoms with Crippen molar-refractivity contribution in [3.8, 4) is 0 Å². The molecule has 106 valence electrons. The van der Waals surface area contributed by atoms with Crippen molar-refractivity contribution in [2.24, 2.45) is 0 Å². The number of carbonyl (C=O) groups excluding carboxylic acids is 1. The van der Waals surface area contributed by atoms with E-state index in [9.17, 15) is 4.79 Å². The summed E-state index contributed by atoms with van der Waals surface area (Å²) >= 11 is 1.74. The van der Waals surface area contributed by atoms with Crippen LogP contribution in [0.25, 0.3) is 0 Å². The topological polar surface area (TPSA) is 32.3 Å². The molecule has 0 saturated heterocycles. The molecule has 0 aliphatic rings. The Morgan fingerprint density at radius 3 is 2.58 bits per heavy atom. The average molecular weight is 280 g/mol. The van der Waals surface area contributed by atoms with E-state index in [-0.39, 0.29) is 5.91 Å². The van der Waals surface area contributed by atoms with Gasteiger partial charge in [0.2, 0.25) is 5.91 Å². The highest BCUT2D eigenvalue weighted by Gasteiger charge is 2.06. The second-order valence-corrected chi connectivity index (χ2v) is 5.60. The maximum Gasteiger partial charge on any atom is 0.234 e. The molecule has 0 aliphatic heterocycles. The van der Waals surface area contributed by atoms with Gasteiger partial charge in [-0.05, 0) is 37.4 Å². The van der Waals surface area contributed by atoms with Gasteiger partial charge < -0.3 is 5.32 Å². The van der Waals surface area contributed by atoms with E-state index in [4.69, 9.17) is 0 Å². The minimum atomic E-state index is 0.108. The summed E-state index contributed by atoms with van der Waals surface area (Å²) in [6.45, 7) is 4.16. The highest BCUT2D eigenvalue weighted by Crippen LogP contribution is 2.15. The molecule has 0 aromatic heterocycles. The summed E-state index contributed by atoms with van der Waals surface area (Å²) in [5.41, 5.74) is 1.24. The van der Waals surface area contributed by atoms with Gasteiger partial charge in [-0.15, -0.1) is 11.8 Å². The van der Waals surface area contributed by atoms with Crippen molar-refractivity contribution in [1.82, 2.24) is 10.2 Å². The number of nitrogens with one attached hydrogen (secondary N) is 1. The Balaban J connectivity index is 2.33. The van der Waals surface area contributed by atoms with E-state index < -0.39 is 0 Å². The highest BCUT2D eigenvalue weighted by molar-refractivity contribution is 7.98. The van der Waals surface area contributed by atoms with Crippen LogP contribution < -0.4 is 5.32 Å². The Bertz CT molecular complexity index is 378. The lowest BCUT2D eigenvalue weighted by Crippen LogP contribution is -2.35. The van der Waals surface area contributed by atoms with Gasteiger partial charge in [-0.2, -0.15) is 0 Å². The molecule has 0 unspecified atom stereocenters. The largest absolute Gasteiger partial charge is 0.355 e. The number of carbonyl (C=O) groups is 1. The fourth-order valence-corrected chi connectivity index (χ4v) is 2.21. The van der Waals surface area contributed by atoms with E-state index >= 15 is 0 Å². The van der Waals surface area contributed by atoms with Crippen molar-refractivity contribution in [3.05, 3.63) is 29.8 Å². The molecule has 0 spiro atoms. The molecular weight excluding hydrogens is 256 g/mol. The van der Waals surface area contributed by atoms with Crippen molar-refractivity contribution >= 4 is 17.7 Å². The van der Waals surface area contributed by atoms with E-state index in [1.54, 1.807) is 11.8 Å². The Morgan fingerprint density at radius 1 is 1.32 bits per heavy atom. The monoisotopic (exact) mass is 280 g/mol. The van der Waals surface area contributed by atoms with Gasteiger partial charge in [0.1, 0.15) is 0 Å². The maximum atomic E-state index is 11.7. The molecule has 0 fully saturated rings. The lowest BCUT2D eigenvalue weighted by atomic mass is 10.2. The van der Waals surface area contributed by atoms with Crippen LogP contribution >= 0.6 is 11.8 Å². The third kappa shape index (κ3) is 6.64. The zero-order valence-electron chi connectivity index (χ0n) is 12.1. The molecule has 1 aromatic carbocycles. The Morgan fingerprint density at radius 2 is 2.00 bits per heavy atom. The predicted octanol–water partition coefficient (Wildman–Crippen LogP) is 2.76. The van der Waals surface area contributed by atoms with Crippen LogP contribution in [0, 0.1) is 0 Å². The van der Waals surface area contributed by atoms with E-state index in [0.717, 1.165) is 25.9 Å². The molecule has 19 heavy (non-hydrogen) atoms. The number of hydrogen-bond donors (Lipinski definition) is 1. The average Bonchev–Trinajstić information content (AvgIpc) is 2.39. The Labute approximate surface area is 120 Å². The highest BCUT2D eigenvalue weighted by atomic mass is 32.2. The molecule has 1 rings (SSSR count). The SMILES string of the molecule is CCCCNC(=O)CN(C)Cc1ccc(SC)cc1. The Kier molecular flexibility index (Phi) is 7.60. The number of likely N-dealkylation sites (N-methyl/N-ethyl adjacent to an activating group) is 1. The lowest BCUT2D eigenvalue weighted by Gasteiger charge is -2.16. The molecule has 1 amide bonds. The van der Waals surface area contributed by atoms with Crippen LogP contribution in [0.15, 0.2) is 29.2 Å². The molecule has 1 aromatic rings. The van der Waals surface area contributed by atoms with Crippen molar-refractivity contribution < 1.29 is 4.79 Å². The number of rotatable bonds is 8. The minimum absolute atomic E-state index is 0.108. The second kappa shape index (κ2) is 8.99. The van der Waals surface area contributed by atoms with Crippen molar-refractivity contribution in [2.45, 2.75) is 31.2 Å². The summed E-state index contributed by atoms with van der Waals surface area (Å²) in [4.78, 5) is 15.0.